The van der Waals surface area contributed by atoms with Gasteiger partial charge < -0.3 is 9.88 Å². The van der Waals surface area contributed by atoms with Crippen LogP contribution in [-0.2, 0) is 13.5 Å². The molecule has 0 atom stereocenters. The fourth-order valence-corrected chi connectivity index (χ4v) is 2.53. The number of aryl methyl sites for hydroxylation is 2. The van der Waals surface area contributed by atoms with E-state index in [2.05, 4.69) is 69.0 Å². The molecule has 2 aromatic rings. The van der Waals surface area contributed by atoms with Crippen LogP contribution in [0.25, 0.3) is 10.9 Å². The Kier molecular flexibility index (Phi) is 3.49. The third-order valence-electron chi connectivity index (χ3n) is 3.34. The summed E-state index contributed by atoms with van der Waals surface area (Å²) in [6.07, 6.45) is 3.35. The highest BCUT2D eigenvalue weighted by atomic mass is 14.9. The Balaban J connectivity index is 2.22. The molecule has 1 heterocycles. The number of para-hydroxylation sites is 1. The second kappa shape index (κ2) is 4.77. The molecule has 0 saturated carbocycles. The summed E-state index contributed by atoms with van der Waals surface area (Å²) in [7, 11) is 2.13. The van der Waals surface area contributed by atoms with Gasteiger partial charge in [-0.1, -0.05) is 18.2 Å². The van der Waals surface area contributed by atoms with Crippen LogP contribution in [0.4, 0.5) is 0 Å². The van der Waals surface area contributed by atoms with Crippen LogP contribution in [0.1, 0.15) is 31.9 Å². The van der Waals surface area contributed by atoms with Crippen molar-refractivity contribution in [2.45, 2.75) is 39.7 Å². The first-order chi connectivity index (χ1) is 8.38. The van der Waals surface area contributed by atoms with E-state index < -0.39 is 0 Å². The lowest BCUT2D eigenvalue weighted by Gasteiger charge is -2.20. The number of benzene rings is 1. The minimum atomic E-state index is 0.195. The summed E-state index contributed by atoms with van der Waals surface area (Å²) < 4.78 is 2.25. The number of hydrogen-bond acceptors (Lipinski definition) is 1. The number of fused-ring (bicyclic) bond motifs is 1. The molecule has 0 aliphatic rings. The zero-order chi connectivity index (χ0) is 13.3. The molecule has 0 radical (unpaired) electrons. The van der Waals surface area contributed by atoms with Gasteiger partial charge in [0.1, 0.15) is 0 Å². The zero-order valence-corrected chi connectivity index (χ0v) is 12.2. The smallest absolute Gasteiger partial charge is 0.0510 e. The molecule has 2 heteroatoms. The molecular weight excluding hydrogens is 220 g/mol. The third kappa shape index (κ3) is 2.75. The number of nitrogens with one attached hydrogen (secondary N) is 1. The van der Waals surface area contributed by atoms with Crippen molar-refractivity contribution >= 4 is 10.9 Å². The van der Waals surface area contributed by atoms with Gasteiger partial charge in [0.25, 0.3) is 0 Å². The van der Waals surface area contributed by atoms with Gasteiger partial charge in [0.2, 0.25) is 0 Å². The maximum absolute atomic E-state index is 3.55. The molecule has 0 aliphatic heterocycles. The minimum Gasteiger partial charge on any atom is -0.350 e. The highest BCUT2D eigenvalue weighted by molar-refractivity contribution is 5.86. The summed E-state index contributed by atoms with van der Waals surface area (Å²) in [6.45, 7) is 9.83. The van der Waals surface area contributed by atoms with Crippen LogP contribution in [0, 0.1) is 6.92 Å². The van der Waals surface area contributed by atoms with Gasteiger partial charge >= 0.3 is 0 Å². The molecule has 2 rings (SSSR count). The Bertz CT molecular complexity index is 544. The quantitative estimate of drug-likeness (QED) is 0.875. The van der Waals surface area contributed by atoms with Crippen LogP contribution in [0.2, 0.25) is 0 Å². The Morgan fingerprint density at radius 3 is 2.61 bits per heavy atom. The Hall–Kier alpha value is -1.28. The van der Waals surface area contributed by atoms with Crippen LogP contribution in [0.3, 0.4) is 0 Å². The predicted molar refractivity (Wildman–Crippen MR) is 79.1 cm³/mol. The fraction of sp³-hybridized carbons (Fsp3) is 0.500. The molecular formula is C16H24N2. The molecule has 18 heavy (non-hydrogen) atoms. The van der Waals surface area contributed by atoms with Crippen molar-refractivity contribution in [2.24, 2.45) is 7.05 Å². The summed E-state index contributed by atoms with van der Waals surface area (Å²) in [6, 6.07) is 6.56. The standard InChI is InChI=1S/C16H24N2/c1-12-7-6-8-14-13(11-18(5)15(12)14)9-10-17-16(2,3)4/h6-8,11,17H,9-10H2,1-5H3. The minimum absolute atomic E-state index is 0.195. The van der Waals surface area contributed by atoms with Gasteiger partial charge in [0.15, 0.2) is 0 Å². The predicted octanol–water partition coefficient (Wildman–Crippen LogP) is 3.42. The van der Waals surface area contributed by atoms with E-state index >= 15 is 0 Å². The topological polar surface area (TPSA) is 17.0 Å². The maximum Gasteiger partial charge on any atom is 0.0510 e. The van der Waals surface area contributed by atoms with E-state index in [4.69, 9.17) is 0 Å². The highest BCUT2D eigenvalue weighted by Gasteiger charge is 2.11. The molecule has 0 saturated heterocycles. The molecule has 0 bridgehead atoms. The van der Waals surface area contributed by atoms with E-state index in [9.17, 15) is 0 Å². The molecule has 1 N–H and O–H groups in total. The Morgan fingerprint density at radius 2 is 1.94 bits per heavy atom. The molecule has 0 amide bonds. The van der Waals surface area contributed by atoms with Crippen LogP contribution in [0.5, 0.6) is 0 Å². The lowest BCUT2D eigenvalue weighted by molar-refractivity contribution is 0.430. The number of rotatable bonds is 3. The monoisotopic (exact) mass is 244 g/mol. The van der Waals surface area contributed by atoms with Crippen molar-refractivity contribution in [1.29, 1.82) is 0 Å². The highest BCUT2D eigenvalue weighted by Crippen LogP contribution is 2.23. The first kappa shape index (κ1) is 13.2. The number of hydrogen-bond donors (Lipinski definition) is 1. The summed E-state index contributed by atoms with van der Waals surface area (Å²) >= 11 is 0. The average Bonchev–Trinajstić information content (AvgIpc) is 2.55. The van der Waals surface area contributed by atoms with Crippen molar-refractivity contribution in [1.82, 2.24) is 9.88 Å². The van der Waals surface area contributed by atoms with Crippen LogP contribution >= 0.6 is 0 Å². The van der Waals surface area contributed by atoms with E-state index in [1.54, 1.807) is 0 Å². The largest absolute Gasteiger partial charge is 0.350 e. The number of aromatic nitrogens is 1. The van der Waals surface area contributed by atoms with Gasteiger partial charge in [-0.2, -0.15) is 0 Å². The first-order valence-corrected chi connectivity index (χ1v) is 6.67. The molecule has 2 nitrogen and oxygen atoms in total. The lowest BCUT2D eigenvalue weighted by atomic mass is 10.1. The number of nitrogens with zero attached hydrogens (tertiary/aromatic N) is 1. The molecule has 98 valence electrons. The van der Waals surface area contributed by atoms with E-state index in [-0.39, 0.29) is 5.54 Å². The van der Waals surface area contributed by atoms with Crippen molar-refractivity contribution in [3.63, 3.8) is 0 Å². The normalized spacial score (nSPS) is 12.3. The van der Waals surface area contributed by atoms with Gasteiger partial charge in [-0.3, -0.25) is 0 Å². The molecule has 0 unspecified atom stereocenters. The van der Waals surface area contributed by atoms with E-state index in [0.717, 1.165) is 13.0 Å². The zero-order valence-electron chi connectivity index (χ0n) is 12.2. The summed E-state index contributed by atoms with van der Waals surface area (Å²) in [5.74, 6) is 0. The van der Waals surface area contributed by atoms with Crippen LogP contribution < -0.4 is 5.32 Å². The van der Waals surface area contributed by atoms with E-state index in [1.807, 2.05) is 0 Å². The average molecular weight is 244 g/mol. The van der Waals surface area contributed by atoms with Crippen molar-refractivity contribution in [3.05, 3.63) is 35.5 Å². The van der Waals surface area contributed by atoms with Crippen molar-refractivity contribution < 1.29 is 0 Å². The van der Waals surface area contributed by atoms with Gasteiger partial charge in [-0.05, 0) is 51.8 Å². The Labute approximate surface area is 110 Å². The van der Waals surface area contributed by atoms with Gasteiger partial charge in [-0.25, -0.2) is 0 Å². The van der Waals surface area contributed by atoms with Crippen LogP contribution in [-0.4, -0.2) is 16.7 Å². The first-order valence-electron chi connectivity index (χ1n) is 6.67. The van der Waals surface area contributed by atoms with E-state index in [1.165, 1.54) is 22.0 Å². The van der Waals surface area contributed by atoms with Crippen molar-refractivity contribution in [3.8, 4) is 0 Å². The fourth-order valence-electron chi connectivity index (χ4n) is 2.53. The molecule has 1 aromatic carbocycles. The second-order valence-corrected chi connectivity index (χ2v) is 6.16. The van der Waals surface area contributed by atoms with Gasteiger partial charge in [0.05, 0.1) is 5.52 Å². The molecule has 0 fully saturated rings. The summed E-state index contributed by atoms with van der Waals surface area (Å²) in [5, 5.41) is 4.95. The van der Waals surface area contributed by atoms with E-state index in [0.29, 0.717) is 0 Å². The third-order valence-corrected chi connectivity index (χ3v) is 3.34. The SMILES string of the molecule is Cc1cccc2c(CCNC(C)(C)C)cn(C)c12. The summed E-state index contributed by atoms with van der Waals surface area (Å²) in [4.78, 5) is 0. The summed E-state index contributed by atoms with van der Waals surface area (Å²) in [5.41, 5.74) is 4.35. The van der Waals surface area contributed by atoms with Crippen molar-refractivity contribution in [2.75, 3.05) is 6.54 Å². The molecule has 0 aliphatic carbocycles. The second-order valence-electron chi connectivity index (χ2n) is 6.16. The molecule has 0 spiro atoms. The molecule has 1 aromatic heterocycles. The van der Waals surface area contributed by atoms with Gasteiger partial charge in [0, 0.05) is 24.2 Å². The van der Waals surface area contributed by atoms with Crippen LogP contribution in [0.15, 0.2) is 24.4 Å². The lowest BCUT2D eigenvalue weighted by Crippen LogP contribution is -2.37. The van der Waals surface area contributed by atoms with Gasteiger partial charge in [-0.15, -0.1) is 0 Å². The maximum atomic E-state index is 3.55. The Morgan fingerprint density at radius 1 is 1.22 bits per heavy atom.